The standard InChI is InChI=1S/C9H17N5/c1-3-4-5-12-8-6-7(11-2)13-9(10)14-8/h6H,3-5H2,1-2H3,(H4,10,11,12,13,14). The number of hydrogen-bond donors (Lipinski definition) is 3. The van der Waals surface area contributed by atoms with Crippen molar-refractivity contribution in [2.75, 3.05) is 30.0 Å². The Morgan fingerprint density at radius 2 is 2.07 bits per heavy atom. The lowest BCUT2D eigenvalue weighted by Crippen LogP contribution is -2.07. The highest BCUT2D eigenvalue weighted by molar-refractivity contribution is 5.50. The molecule has 0 aliphatic rings. The maximum atomic E-state index is 5.54. The van der Waals surface area contributed by atoms with Crippen LogP contribution in [-0.4, -0.2) is 23.6 Å². The highest BCUT2D eigenvalue weighted by Gasteiger charge is 1.99. The quantitative estimate of drug-likeness (QED) is 0.618. The van der Waals surface area contributed by atoms with Crippen LogP contribution in [0.25, 0.3) is 0 Å². The summed E-state index contributed by atoms with van der Waals surface area (Å²) >= 11 is 0. The summed E-state index contributed by atoms with van der Waals surface area (Å²) in [6.45, 7) is 3.06. The first-order valence-corrected chi connectivity index (χ1v) is 4.82. The molecule has 1 aromatic heterocycles. The minimum atomic E-state index is 0.288. The lowest BCUT2D eigenvalue weighted by molar-refractivity contribution is 0.831. The van der Waals surface area contributed by atoms with Gasteiger partial charge in [0.15, 0.2) is 0 Å². The fourth-order valence-corrected chi connectivity index (χ4v) is 1.08. The first kappa shape index (κ1) is 10.6. The Hall–Kier alpha value is -1.52. The van der Waals surface area contributed by atoms with Crippen LogP contribution in [-0.2, 0) is 0 Å². The molecular formula is C9H17N5. The smallest absolute Gasteiger partial charge is 0.223 e. The fraction of sp³-hybridized carbons (Fsp3) is 0.556. The van der Waals surface area contributed by atoms with Gasteiger partial charge in [-0.2, -0.15) is 9.97 Å². The molecule has 0 aromatic carbocycles. The lowest BCUT2D eigenvalue weighted by atomic mass is 10.3. The van der Waals surface area contributed by atoms with Gasteiger partial charge >= 0.3 is 0 Å². The van der Waals surface area contributed by atoms with Crippen molar-refractivity contribution in [3.8, 4) is 0 Å². The zero-order valence-electron chi connectivity index (χ0n) is 8.67. The van der Waals surface area contributed by atoms with Crippen molar-refractivity contribution >= 4 is 17.6 Å². The van der Waals surface area contributed by atoms with Gasteiger partial charge in [0.25, 0.3) is 0 Å². The average Bonchev–Trinajstić information content (AvgIpc) is 2.17. The molecule has 1 heterocycles. The monoisotopic (exact) mass is 195 g/mol. The Morgan fingerprint density at radius 1 is 1.36 bits per heavy atom. The SMILES string of the molecule is CCCCNc1cc(NC)nc(N)n1. The van der Waals surface area contributed by atoms with Crippen molar-refractivity contribution in [2.24, 2.45) is 0 Å². The van der Waals surface area contributed by atoms with Gasteiger partial charge in [0.05, 0.1) is 0 Å². The average molecular weight is 195 g/mol. The summed E-state index contributed by atoms with van der Waals surface area (Å²) in [7, 11) is 1.80. The van der Waals surface area contributed by atoms with Gasteiger partial charge in [-0.05, 0) is 6.42 Å². The van der Waals surface area contributed by atoms with Crippen LogP contribution in [0.3, 0.4) is 0 Å². The second kappa shape index (κ2) is 5.26. The van der Waals surface area contributed by atoms with Gasteiger partial charge in [0, 0.05) is 19.7 Å². The van der Waals surface area contributed by atoms with Gasteiger partial charge in [-0.15, -0.1) is 0 Å². The molecule has 1 aromatic rings. The summed E-state index contributed by atoms with van der Waals surface area (Å²) in [6, 6.07) is 1.84. The fourth-order valence-electron chi connectivity index (χ4n) is 1.08. The predicted octanol–water partition coefficient (Wildman–Crippen LogP) is 1.31. The maximum absolute atomic E-state index is 5.54. The molecule has 0 aliphatic heterocycles. The minimum Gasteiger partial charge on any atom is -0.373 e. The van der Waals surface area contributed by atoms with Crippen LogP contribution in [0.15, 0.2) is 6.07 Å². The summed E-state index contributed by atoms with van der Waals surface area (Å²) in [6.07, 6.45) is 2.28. The van der Waals surface area contributed by atoms with E-state index < -0.39 is 0 Å². The summed E-state index contributed by atoms with van der Waals surface area (Å²) in [5.74, 6) is 1.79. The summed E-state index contributed by atoms with van der Waals surface area (Å²) in [4.78, 5) is 8.07. The Labute approximate surface area is 84.1 Å². The van der Waals surface area contributed by atoms with Gasteiger partial charge < -0.3 is 16.4 Å². The zero-order chi connectivity index (χ0) is 10.4. The third-order valence-electron chi connectivity index (χ3n) is 1.84. The highest BCUT2D eigenvalue weighted by Crippen LogP contribution is 2.11. The van der Waals surface area contributed by atoms with Gasteiger partial charge in [-0.3, -0.25) is 0 Å². The molecule has 0 saturated carbocycles. The molecule has 0 amide bonds. The molecule has 5 heteroatoms. The van der Waals surface area contributed by atoms with Crippen LogP contribution in [0.2, 0.25) is 0 Å². The molecule has 1 rings (SSSR count). The zero-order valence-corrected chi connectivity index (χ0v) is 8.67. The summed E-state index contributed by atoms with van der Waals surface area (Å²) in [5.41, 5.74) is 5.54. The first-order valence-electron chi connectivity index (χ1n) is 4.82. The topological polar surface area (TPSA) is 75.9 Å². The Morgan fingerprint density at radius 3 is 2.71 bits per heavy atom. The van der Waals surface area contributed by atoms with E-state index in [1.165, 1.54) is 0 Å². The van der Waals surface area contributed by atoms with E-state index in [0.29, 0.717) is 0 Å². The van der Waals surface area contributed by atoms with Crippen LogP contribution in [0.4, 0.5) is 17.6 Å². The maximum Gasteiger partial charge on any atom is 0.223 e. The molecule has 0 fully saturated rings. The number of nitrogens with one attached hydrogen (secondary N) is 2. The highest BCUT2D eigenvalue weighted by atomic mass is 15.1. The molecule has 0 atom stereocenters. The summed E-state index contributed by atoms with van der Waals surface area (Å²) < 4.78 is 0. The molecule has 0 radical (unpaired) electrons. The van der Waals surface area contributed by atoms with Crippen LogP contribution in [0.1, 0.15) is 19.8 Å². The van der Waals surface area contributed by atoms with E-state index in [2.05, 4.69) is 27.5 Å². The molecule has 0 saturated heterocycles. The number of anilines is 3. The first-order chi connectivity index (χ1) is 6.76. The van der Waals surface area contributed by atoms with Gasteiger partial charge in [0.2, 0.25) is 5.95 Å². The molecule has 0 aliphatic carbocycles. The van der Waals surface area contributed by atoms with E-state index in [9.17, 15) is 0 Å². The number of nitrogen functional groups attached to an aromatic ring is 1. The van der Waals surface area contributed by atoms with E-state index in [4.69, 9.17) is 5.73 Å². The van der Waals surface area contributed by atoms with Crippen molar-refractivity contribution in [3.05, 3.63) is 6.07 Å². The molecule has 14 heavy (non-hydrogen) atoms. The van der Waals surface area contributed by atoms with E-state index in [1.54, 1.807) is 7.05 Å². The van der Waals surface area contributed by atoms with Gasteiger partial charge in [0.1, 0.15) is 11.6 Å². The van der Waals surface area contributed by atoms with E-state index >= 15 is 0 Å². The van der Waals surface area contributed by atoms with E-state index in [-0.39, 0.29) is 5.95 Å². The second-order valence-corrected chi connectivity index (χ2v) is 3.03. The molecule has 0 unspecified atom stereocenters. The Bertz CT molecular complexity index is 287. The number of hydrogen-bond acceptors (Lipinski definition) is 5. The molecule has 0 spiro atoms. The minimum absolute atomic E-state index is 0.288. The molecule has 5 nitrogen and oxygen atoms in total. The molecular weight excluding hydrogens is 178 g/mol. The second-order valence-electron chi connectivity index (χ2n) is 3.03. The number of unbranched alkanes of at least 4 members (excludes halogenated alkanes) is 1. The lowest BCUT2D eigenvalue weighted by Gasteiger charge is -2.07. The van der Waals surface area contributed by atoms with Crippen LogP contribution in [0, 0.1) is 0 Å². The van der Waals surface area contributed by atoms with Crippen molar-refractivity contribution in [1.29, 1.82) is 0 Å². The third kappa shape index (κ3) is 3.08. The predicted molar refractivity (Wildman–Crippen MR) is 59.4 cm³/mol. The number of nitrogens with two attached hydrogens (primary N) is 1. The molecule has 78 valence electrons. The normalized spacial score (nSPS) is 9.86. The van der Waals surface area contributed by atoms with Crippen LogP contribution in [0.5, 0.6) is 0 Å². The van der Waals surface area contributed by atoms with Crippen LogP contribution >= 0.6 is 0 Å². The van der Waals surface area contributed by atoms with Crippen molar-refractivity contribution in [3.63, 3.8) is 0 Å². The van der Waals surface area contributed by atoms with Crippen molar-refractivity contribution < 1.29 is 0 Å². The van der Waals surface area contributed by atoms with Gasteiger partial charge in [-0.25, -0.2) is 0 Å². The summed E-state index contributed by atoms with van der Waals surface area (Å²) in [5, 5.41) is 6.12. The Kier molecular flexibility index (Phi) is 3.97. The third-order valence-corrected chi connectivity index (χ3v) is 1.84. The van der Waals surface area contributed by atoms with Crippen LogP contribution < -0.4 is 16.4 Å². The Balaban J connectivity index is 2.62. The number of nitrogens with zero attached hydrogens (tertiary/aromatic N) is 2. The molecule has 0 bridgehead atoms. The largest absolute Gasteiger partial charge is 0.373 e. The number of aromatic nitrogens is 2. The van der Waals surface area contributed by atoms with Crippen molar-refractivity contribution in [2.45, 2.75) is 19.8 Å². The van der Waals surface area contributed by atoms with E-state index in [1.807, 2.05) is 6.07 Å². The molecule has 4 N–H and O–H groups in total. The van der Waals surface area contributed by atoms with Gasteiger partial charge in [-0.1, -0.05) is 13.3 Å². The van der Waals surface area contributed by atoms with Crippen molar-refractivity contribution in [1.82, 2.24) is 9.97 Å². The number of rotatable bonds is 5. The van der Waals surface area contributed by atoms with E-state index in [0.717, 1.165) is 31.0 Å².